The average molecular weight is 340 g/mol. The number of rotatable bonds is 6. The molecule has 0 fully saturated rings. The van der Waals surface area contributed by atoms with Crippen molar-refractivity contribution in [1.82, 2.24) is 9.47 Å². The zero-order valence-electron chi connectivity index (χ0n) is 14.2. The molecule has 0 aliphatic rings. The summed E-state index contributed by atoms with van der Waals surface area (Å²) in [5.74, 6) is -0.496. The van der Waals surface area contributed by atoms with Crippen LogP contribution in [0, 0.1) is 0 Å². The Morgan fingerprint density at radius 1 is 1.20 bits per heavy atom. The lowest BCUT2D eigenvalue weighted by Crippen LogP contribution is -2.25. The molecule has 2 heterocycles. The number of fused-ring (bicyclic) bond motifs is 1. The lowest BCUT2D eigenvalue weighted by Gasteiger charge is -2.19. The molecule has 0 radical (unpaired) electrons. The maximum absolute atomic E-state index is 12.0. The van der Waals surface area contributed by atoms with Crippen LogP contribution >= 0.6 is 0 Å². The topological polar surface area (TPSA) is 83.3 Å². The van der Waals surface area contributed by atoms with Gasteiger partial charge in [0.15, 0.2) is 11.4 Å². The van der Waals surface area contributed by atoms with Crippen LogP contribution in [0.4, 0.5) is 5.69 Å². The molecule has 3 aromatic rings. The minimum atomic E-state index is -0.593. The molecule has 130 valence electrons. The number of hydrogen-bond donors (Lipinski definition) is 1. The molecular formula is C18H20N4O3. The molecule has 2 aromatic heterocycles. The van der Waals surface area contributed by atoms with Crippen molar-refractivity contribution in [3.63, 3.8) is 0 Å². The highest BCUT2D eigenvalue weighted by atomic mass is 16.3. The Balaban J connectivity index is 2.00. The van der Waals surface area contributed by atoms with E-state index in [1.165, 1.54) is 12.3 Å². The van der Waals surface area contributed by atoms with E-state index in [4.69, 9.17) is 4.42 Å². The Morgan fingerprint density at radius 3 is 2.64 bits per heavy atom. The van der Waals surface area contributed by atoms with Crippen LogP contribution in [0.2, 0.25) is 0 Å². The number of furan rings is 1. The van der Waals surface area contributed by atoms with Crippen molar-refractivity contribution in [3.05, 3.63) is 48.4 Å². The van der Waals surface area contributed by atoms with Crippen LogP contribution in [0.5, 0.6) is 5.88 Å². The van der Waals surface area contributed by atoms with Gasteiger partial charge in [0.1, 0.15) is 0 Å². The van der Waals surface area contributed by atoms with Crippen LogP contribution in [0.3, 0.4) is 0 Å². The molecule has 0 saturated carbocycles. The number of aromatic nitrogens is 1. The van der Waals surface area contributed by atoms with Crippen LogP contribution < -0.4 is 0 Å². The van der Waals surface area contributed by atoms with E-state index < -0.39 is 5.91 Å². The first-order valence-electron chi connectivity index (χ1n) is 8.17. The number of carbonyl (C=O) groups excluding carboxylic acids is 1. The molecule has 1 N–H and O–H groups in total. The molecular weight excluding hydrogens is 320 g/mol. The Hall–Kier alpha value is -2.93. The van der Waals surface area contributed by atoms with Crippen molar-refractivity contribution in [2.75, 3.05) is 13.1 Å². The maximum atomic E-state index is 12.0. The monoisotopic (exact) mass is 340 g/mol. The first kappa shape index (κ1) is 16.9. The number of azo groups is 1. The van der Waals surface area contributed by atoms with Crippen LogP contribution in [0.1, 0.15) is 24.4 Å². The molecule has 3 rings (SSSR count). The minimum Gasteiger partial charge on any atom is -0.493 e. The number of nitrogens with zero attached hydrogens (tertiary/aromatic N) is 4. The molecule has 0 aliphatic heterocycles. The van der Waals surface area contributed by atoms with Crippen LogP contribution in [-0.2, 0) is 6.67 Å². The van der Waals surface area contributed by atoms with E-state index in [2.05, 4.69) is 29.0 Å². The van der Waals surface area contributed by atoms with Gasteiger partial charge in [-0.2, -0.15) is 0 Å². The molecule has 0 aliphatic carbocycles. The average Bonchev–Trinajstić information content (AvgIpc) is 3.25. The largest absolute Gasteiger partial charge is 0.493 e. The van der Waals surface area contributed by atoms with E-state index in [1.807, 2.05) is 24.3 Å². The lowest BCUT2D eigenvalue weighted by molar-refractivity contribution is 0.0968. The van der Waals surface area contributed by atoms with Gasteiger partial charge in [0.2, 0.25) is 5.88 Å². The van der Waals surface area contributed by atoms with Crippen molar-refractivity contribution >= 4 is 22.5 Å². The van der Waals surface area contributed by atoms with Gasteiger partial charge < -0.3 is 9.52 Å². The summed E-state index contributed by atoms with van der Waals surface area (Å²) >= 11 is 0. The van der Waals surface area contributed by atoms with Crippen molar-refractivity contribution in [3.8, 4) is 5.88 Å². The summed E-state index contributed by atoms with van der Waals surface area (Å²) in [6.45, 7) is 6.37. The predicted molar refractivity (Wildman–Crippen MR) is 94.1 cm³/mol. The smallest absolute Gasteiger partial charge is 0.331 e. The van der Waals surface area contributed by atoms with Crippen LogP contribution in [-0.4, -0.2) is 33.6 Å². The Morgan fingerprint density at radius 2 is 1.96 bits per heavy atom. The number of para-hydroxylation sites is 1. The fraction of sp³-hybridized carbons (Fsp3) is 0.278. The molecule has 7 heteroatoms. The van der Waals surface area contributed by atoms with Gasteiger partial charge in [-0.25, -0.2) is 0 Å². The van der Waals surface area contributed by atoms with E-state index in [9.17, 15) is 9.90 Å². The fourth-order valence-electron chi connectivity index (χ4n) is 2.68. The molecule has 25 heavy (non-hydrogen) atoms. The number of hydrogen-bond acceptors (Lipinski definition) is 5. The Labute approximate surface area is 145 Å². The van der Waals surface area contributed by atoms with E-state index in [-0.39, 0.29) is 17.3 Å². The summed E-state index contributed by atoms with van der Waals surface area (Å²) in [4.78, 5) is 14.1. The molecule has 0 spiro atoms. The van der Waals surface area contributed by atoms with E-state index in [0.717, 1.165) is 24.0 Å². The van der Waals surface area contributed by atoms with E-state index in [1.54, 1.807) is 10.6 Å². The lowest BCUT2D eigenvalue weighted by atomic mass is 10.2. The van der Waals surface area contributed by atoms with Gasteiger partial charge in [-0.1, -0.05) is 32.0 Å². The highest BCUT2D eigenvalue weighted by Gasteiger charge is 2.18. The summed E-state index contributed by atoms with van der Waals surface area (Å²) in [5, 5.41) is 19.1. The first-order chi connectivity index (χ1) is 12.2. The third-order valence-corrected chi connectivity index (χ3v) is 4.13. The van der Waals surface area contributed by atoms with Crippen molar-refractivity contribution in [2.24, 2.45) is 10.2 Å². The molecule has 0 saturated heterocycles. The van der Waals surface area contributed by atoms with Gasteiger partial charge >= 0.3 is 5.91 Å². The standard InChI is InChI=1S/C18H20N4O3/c1-3-21(4-2)12-22-14-9-6-5-8-13(14)16(18(22)24)19-20-17(23)15-10-7-11-25-15/h5-11,24H,3-4,12H2,1-2H3. The number of aromatic hydroxyl groups is 1. The van der Waals surface area contributed by atoms with Crippen molar-refractivity contribution in [2.45, 2.75) is 20.5 Å². The van der Waals surface area contributed by atoms with Gasteiger partial charge in [0.05, 0.1) is 18.4 Å². The molecule has 0 unspecified atom stereocenters. The molecule has 0 atom stereocenters. The summed E-state index contributed by atoms with van der Waals surface area (Å²) in [6.07, 6.45) is 1.40. The number of carbonyl (C=O) groups is 1. The number of amides is 1. The third-order valence-electron chi connectivity index (χ3n) is 4.13. The van der Waals surface area contributed by atoms with Crippen LogP contribution in [0.25, 0.3) is 10.9 Å². The SMILES string of the molecule is CCN(CC)Cn1c(O)c(N=NC(=O)c2ccco2)c2ccccc21. The van der Waals surface area contributed by atoms with Gasteiger partial charge in [0.25, 0.3) is 0 Å². The van der Waals surface area contributed by atoms with E-state index >= 15 is 0 Å². The van der Waals surface area contributed by atoms with Gasteiger partial charge in [0, 0.05) is 5.39 Å². The van der Waals surface area contributed by atoms with Gasteiger partial charge in [-0.3, -0.25) is 14.3 Å². The summed E-state index contributed by atoms with van der Waals surface area (Å²) < 4.78 is 6.78. The highest BCUT2D eigenvalue weighted by Crippen LogP contribution is 2.39. The third kappa shape index (κ3) is 3.32. The molecule has 7 nitrogen and oxygen atoms in total. The van der Waals surface area contributed by atoms with Crippen molar-refractivity contribution in [1.29, 1.82) is 0 Å². The molecule has 0 bridgehead atoms. The second-order valence-electron chi connectivity index (χ2n) is 5.54. The summed E-state index contributed by atoms with van der Waals surface area (Å²) in [6, 6.07) is 10.6. The zero-order chi connectivity index (χ0) is 17.8. The van der Waals surface area contributed by atoms with E-state index in [0.29, 0.717) is 6.67 Å². The normalized spacial score (nSPS) is 11.8. The first-order valence-corrected chi connectivity index (χ1v) is 8.17. The highest BCUT2D eigenvalue weighted by molar-refractivity contribution is 5.96. The zero-order valence-corrected chi connectivity index (χ0v) is 14.2. The van der Waals surface area contributed by atoms with Crippen molar-refractivity contribution < 1.29 is 14.3 Å². The minimum absolute atomic E-state index is 0.0101. The summed E-state index contributed by atoms with van der Waals surface area (Å²) in [7, 11) is 0. The molecule has 1 amide bonds. The predicted octanol–water partition coefficient (Wildman–Crippen LogP) is 4.16. The molecule has 1 aromatic carbocycles. The second-order valence-corrected chi connectivity index (χ2v) is 5.54. The quantitative estimate of drug-likeness (QED) is 0.683. The second kappa shape index (κ2) is 7.31. The maximum Gasteiger partial charge on any atom is 0.331 e. The Bertz CT molecular complexity index is 893. The van der Waals surface area contributed by atoms with Gasteiger partial charge in [-0.05, 0) is 31.3 Å². The van der Waals surface area contributed by atoms with Crippen LogP contribution in [0.15, 0.2) is 57.3 Å². The Kier molecular flexibility index (Phi) is 4.95. The number of benzene rings is 1. The fourth-order valence-corrected chi connectivity index (χ4v) is 2.68. The van der Waals surface area contributed by atoms with Gasteiger partial charge in [-0.15, -0.1) is 10.2 Å². The summed E-state index contributed by atoms with van der Waals surface area (Å²) in [5.41, 5.74) is 1.12.